The molecule has 158 valence electrons. The molecule has 2 bridgehead atoms. The van der Waals surface area contributed by atoms with Gasteiger partial charge in [-0.05, 0) is 37.2 Å². The quantitative estimate of drug-likeness (QED) is 0.749. The van der Waals surface area contributed by atoms with Crippen molar-refractivity contribution in [3.63, 3.8) is 0 Å². The molecule has 1 saturated heterocycles. The van der Waals surface area contributed by atoms with Crippen LogP contribution in [0.25, 0.3) is 0 Å². The van der Waals surface area contributed by atoms with E-state index in [-0.39, 0.29) is 35.9 Å². The maximum Gasteiger partial charge on any atom is 0.455 e. The normalized spacial score (nSPS) is 24.7. The van der Waals surface area contributed by atoms with Crippen LogP contribution >= 0.6 is 0 Å². The first kappa shape index (κ1) is 20.1. The Kier molecular flexibility index (Phi) is 5.27. The van der Waals surface area contributed by atoms with Crippen molar-refractivity contribution >= 4 is 0 Å². The van der Waals surface area contributed by atoms with E-state index in [0.717, 1.165) is 25.0 Å². The second-order valence-electron chi connectivity index (χ2n) is 8.59. The number of piperidine rings is 1. The molecule has 4 heterocycles. The van der Waals surface area contributed by atoms with Crippen LogP contribution in [0.2, 0.25) is 0 Å². The largest absolute Gasteiger partial charge is 0.455 e. The van der Waals surface area contributed by atoms with E-state index in [4.69, 9.17) is 4.52 Å². The van der Waals surface area contributed by atoms with E-state index in [1.165, 1.54) is 0 Å². The van der Waals surface area contributed by atoms with Crippen molar-refractivity contribution in [2.24, 2.45) is 11.8 Å². The van der Waals surface area contributed by atoms with Gasteiger partial charge in [0.2, 0.25) is 5.89 Å². The van der Waals surface area contributed by atoms with Gasteiger partial charge in [0.1, 0.15) is 0 Å². The molecule has 0 aromatic carbocycles. The van der Waals surface area contributed by atoms with Gasteiger partial charge in [0.25, 0.3) is 11.4 Å². The second kappa shape index (κ2) is 7.59. The Bertz CT molecular complexity index is 921. The van der Waals surface area contributed by atoms with Crippen molar-refractivity contribution in [3.8, 4) is 0 Å². The highest BCUT2D eigenvalue weighted by Crippen LogP contribution is 2.43. The van der Waals surface area contributed by atoms with Crippen molar-refractivity contribution < 1.29 is 17.7 Å². The molecule has 6 nitrogen and oxygen atoms in total. The smallest absolute Gasteiger partial charge is 0.338 e. The summed E-state index contributed by atoms with van der Waals surface area (Å²) in [5.74, 6) is -0.291. The van der Waals surface area contributed by atoms with Crippen molar-refractivity contribution in [1.82, 2.24) is 19.6 Å². The number of likely N-dealkylation sites (tertiary alicyclic amines) is 1. The summed E-state index contributed by atoms with van der Waals surface area (Å²) in [5, 5.41) is 3.05. The molecule has 1 fully saturated rings. The SMILES string of the molecule is CC(C)CC[C@H]1[C@H]2C[C@H](CN(Cc3nc(C(F)(F)F)no3)C2)c2cccc(=O)n21. The monoisotopic (exact) mass is 410 g/mol. The van der Waals surface area contributed by atoms with Gasteiger partial charge in [-0.1, -0.05) is 25.1 Å². The minimum absolute atomic E-state index is 0.0264. The van der Waals surface area contributed by atoms with Gasteiger partial charge < -0.3 is 9.09 Å². The van der Waals surface area contributed by atoms with Crippen LogP contribution < -0.4 is 5.56 Å². The predicted molar refractivity (Wildman–Crippen MR) is 99.2 cm³/mol. The molecule has 0 aliphatic carbocycles. The molecule has 2 aromatic rings. The van der Waals surface area contributed by atoms with Crippen molar-refractivity contribution in [2.75, 3.05) is 13.1 Å². The molecule has 0 saturated carbocycles. The van der Waals surface area contributed by atoms with Crippen molar-refractivity contribution in [2.45, 2.75) is 57.8 Å². The van der Waals surface area contributed by atoms with Crippen LogP contribution in [-0.2, 0) is 12.7 Å². The van der Waals surface area contributed by atoms with Crippen molar-refractivity contribution in [1.29, 1.82) is 0 Å². The molecule has 29 heavy (non-hydrogen) atoms. The van der Waals surface area contributed by atoms with Crippen LogP contribution in [0.1, 0.15) is 62.5 Å². The fourth-order valence-electron chi connectivity index (χ4n) is 4.76. The summed E-state index contributed by atoms with van der Waals surface area (Å²) < 4.78 is 45.0. The van der Waals surface area contributed by atoms with Gasteiger partial charge in [-0.25, -0.2) is 0 Å². The lowest BCUT2D eigenvalue weighted by Crippen LogP contribution is -2.49. The summed E-state index contributed by atoms with van der Waals surface area (Å²) >= 11 is 0. The predicted octanol–water partition coefficient (Wildman–Crippen LogP) is 3.85. The minimum Gasteiger partial charge on any atom is -0.338 e. The highest BCUT2D eigenvalue weighted by atomic mass is 19.4. The number of pyridine rings is 1. The molecular formula is C20H25F3N4O2. The van der Waals surface area contributed by atoms with Gasteiger partial charge in [-0.15, -0.1) is 0 Å². The molecule has 0 radical (unpaired) electrons. The number of hydrogen-bond acceptors (Lipinski definition) is 5. The Labute approximate surface area is 166 Å². The van der Waals surface area contributed by atoms with Crippen LogP contribution in [-0.4, -0.2) is 32.7 Å². The third-order valence-corrected chi connectivity index (χ3v) is 5.99. The van der Waals surface area contributed by atoms with E-state index in [1.54, 1.807) is 12.1 Å². The lowest BCUT2D eigenvalue weighted by atomic mass is 9.76. The Hall–Kier alpha value is -2.16. The fourth-order valence-corrected chi connectivity index (χ4v) is 4.76. The summed E-state index contributed by atoms with van der Waals surface area (Å²) in [6.07, 6.45) is -1.69. The van der Waals surface area contributed by atoms with Gasteiger partial charge in [0.05, 0.1) is 6.54 Å². The Morgan fingerprint density at radius 2 is 2.07 bits per heavy atom. The lowest BCUT2D eigenvalue weighted by Gasteiger charge is -2.47. The molecule has 2 aliphatic rings. The Morgan fingerprint density at radius 1 is 1.28 bits per heavy atom. The van der Waals surface area contributed by atoms with E-state index in [0.29, 0.717) is 19.0 Å². The summed E-state index contributed by atoms with van der Waals surface area (Å²) in [5.41, 5.74) is 1.06. The third-order valence-electron chi connectivity index (χ3n) is 5.99. The fraction of sp³-hybridized carbons (Fsp3) is 0.650. The standard InChI is InChI=1S/C20H25F3N4O2/c1-12(2)6-7-16-14-8-13(15-4-3-5-18(28)27(15)16)9-26(10-14)11-17-24-19(25-29-17)20(21,22)23/h3-5,12-14,16H,6-11H2,1-2H3/t13-,14+,16+/m1/s1. The first-order valence-corrected chi connectivity index (χ1v) is 10.1. The third kappa shape index (κ3) is 4.10. The Balaban J connectivity index is 1.58. The number of alkyl halides is 3. The first-order valence-electron chi connectivity index (χ1n) is 10.1. The van der Waals surface area contributed by atoms with E-state index in [2.05, 4.69) is 28.9 Å². The van der Waals surface area contributed by atoms with Crippen molar-refractivity contribution in [3.05, 3.63) is 46.0 Å². The van der Waals surface area contributed by atoms with Crippen LogP contribution in [0.3, 0.4) is 0 Å². The van der Waals surface area contributed by atoms with Gasteiger partial charge in [-0.3, -0.25) is 9.69 Å². The number of rotatable bonds is 5. The average molecular weight is 410 g/mol. The molecule has 0 spiro atoms. The molecule has 0 amide bonds. The summed E-state index contributed by atoms with van der Waals surface area (Å²) in [6, 6.07) is 5.51. The number of fused-ring (bicyclic) bond motifs is 4. The highest BCUT2D eigenvalue weighted by Gasteiger charge is 2.41. The highest BCUT2D eigenvalue weighted by molar-refractivity contribution is 5.19. The van der Waals surface area contributed by atoms with Crippen LogP contribution in [0.4, 0.5) is 13.2 Å². The maximum atomic E-state index is 12.7. The summed E-state index contributed by atoms with van der Waals surface area (Å²) in [7, 11) is 0. The molecule has 2 aliphatic heterocycles. The number of aromatic nitrogens is 3. The molecule has 9 heteroatoms. The van der Waals surface area contributed by atoms with E-state index < -0.39 is 12.0 Å². The van der Waals surface area contributed by atoms with Gasteiger partial charge in [0, 0.05) is 36.8 Å². The number of halogens is 3. The second-order valence-corrected chi connectivity index (χ2v) is 8.59. The zero-order chi connectivity index (χ0) is 20.8. The molecule has 4 rings (SSSR count). The Morgan fingerprint density at radius 3 is 2.76 bits per heavy atom. The van der Waals surface area contributed by atoms with Gasteiger partial charge >= 0.3 is 6.18 Å². The minimum atomic E-state index is -4.61. The van der Waals surface area contributed by atoms with Gasteiger partial charge in [-0.2, -0.15) is 18.2 Å². The molecule has 0 unspecified atom stereocenters. The summed E-state index contributed by atoms with van der Waals surface area (Å²) in [6.45, 7) is 5.87. The van der Waals surface area contributed by atoms with E-state index >= 15 is 0 Å². The zero-order valence-electron chi connectivity index (χ0n) is 16.5. The molecular weight excluding hydrogens is 385 g/mol. The lowest BCUT2D eigenvalue weighted by molar-refractivity contribution is -0.146. The van der Waals surface area contributed by atoms with Crippen LogP contribution in [0, 0.1) is 11.8 Å². The van der Waals surface area contributed by atoms with Gasteiger partial charge in [0.15, 0.2) is 0 Å². The maximum absolute atomic E-state index is 12.7. The molecule has 3 atom stereocenters. The molecule has 0 N–H and O–H groups in total. The number of hydrogen-bond donors (Lipinski definition) is 0. The topological polar surface area (TPSA) is 64.2 Å². The molecule has 2 aromatic heterocycles. The summed E-state index contributed by atoms with van der Waals surface area (Å²) in [4.78, 5) is 18.2. The van der Waals surface area contributed by atoms with E-state index in [9.17, 15) is 18.0 Å². The van der Waals surface area contributed by atoms with Crippen LogP contribution in [0.5, 0.6) is 0 Å². The van der Waals surface area contributed by atoms with E-state index in [1.807, 2.05) is 10.6 Å². The number of nitrogens with zero attached hydrogens (tertiary/aromatic N) is 4. The first-order chi connectivity index (χ1) is 13.7. The zero-order valence-corrected chi connectivity index (χ0v) is 16.5. The van der Waals surface area contributed by atoms with Crippen LogP contribution in [0.15, 0.2) is 27.5 Å². The average Bonchev–Trinajstić information content (AvgIpc) is 3.11.